The summed E-state index contributed by atoms with van der Waals surface area (Å²) >= 11 is 0. The van der Waals surface area contributed by atoms with Crippen molar-refractivity contribution in [1.29, 1.82) is 0 Å². The molecule has 0 aromatic rings. The van der Waals surface area contributed by atoms with Crippen molar-refractivity contribution < 1.29 is 32.3 Å². The van der Waals surface area contributed by atoms with Gasteiger partial charge in [0.1, 0.15) is 0 Å². The molecule has 0 rings (SSSR count). The SMILES string of the molecule is CCCCCCCCCCCCCCCCCCCCCC(=O)[O-].[Au+]. The third kappa shape index (κ3) is 26.5. The van der Waals surface area contributed by atoms with Crippen LogP contribution in [0.3, 0.4) is 0 Å². The van der Waals surface area contributed by atoms with Gasteiger partial charge in [0.15, 0.2) is 0 Å². The molecule has 3 heteroatoms. The number of carboxylic acid groups (broad SMARTS) is 1. The second-order valence-corrected chi connectivity index (χ2v) is 7.49. The molecule has 0 aliphatic carbocycles. The Morgan fingerprint density at radius 2 is 0.760 bits per heavy atom. The van der Waals surface area contributed by atoms with Gasteiger partial charge in [0, 0.05) is 5.97 Å². The molecule has 0 fully saturated rings. The van der Waals surface area contributed by atoms with Gasteiger partial charge in [0.2, 0.25) is 0 Å². The van der Waals surface area contributed by atoms with E-state index in [9.17, 15) is 9.90 Å². The maximum absolute atomic E-state index is 10.3. The summed E-state index contributed by atoms with van der Waals surface area (Å²) in [5.41, 5.74) is 0. The van der Waals surface area contributed by atoms with Crippen LogP contribution in [0.1, 0.15) is 135 Å². The van der Waals surface area contributed by atoms with Crippen molar-refractivity contribution in [1.82, 2.24) is 0 Å². The Bertz CT molecular complexity index is 256. The number of carbonyl (C=O) groups excluding carboxylic acids is 1. The van der Waals surface area contributed by atoms with Gasteiger partial charge in [-0.2, -0.15) is 0 Å². The Labute approximate surface area is 173 Å². The fourth-order valence-electron chi connectivity index (χ4n) is 3.35. The average molecular weight is 537 g/mol. The molecule has 154 valence electrons. The van der Waals surface area contributed by atoms with Crippen molar-refractivity contribution >= 4 is 5.97 Å². The maximum atomic E-state index is 10.3. The number of carbonyl (C=O) groups is 1. The molecule has 0 unspecified atom stereocenters. The van der Waals surface area contributed by atoms with Crippen LogP contribution in [0, 0.1) is 0 Å². The van der Waals surface area contributed by atoms with Crippen LogP contribution in [0.15, 0.2) is 0 Å². The van der Waals surface area contributed by atoms with Crippen molar-refractivity contribution in [2.75, 3.05) is 0 Å². The minimum Gasteiger partial charge on any atom is -0.550 e. The van der Waals surface area contributed by atoms with Gasteiger partial charge in [-0.15, -0.1) is 0 Å². The quantitative estimate of drug-likeness (QED) is 0.131. The summed E-state index contributed by atoms with van der Waals surface area (Å²) in [6.07, 6.45) is 25.7. The molecule has 0 saturated carbocycles. The first kappa shape index (κ1) is 27.4. The maximum Gasteiger partial charge on any atom is 1.00 e. The van der Waals surface area contributed by atoms with E-state index in [4.69, 9.17) is 0 Å². The zero-order valence-electron chi connectivity index (χ0n) is 16.8. The fourth-order valence-corrected chi connectivity index (χ4v) is 3.35. The first-order chi connectivity index (χ1) is 11.8. The van der Waals surface area contributed by atoms with Crippen LogP contribution in [0.2, 0.25) is 0 Å². The Morgan fingerprint density at radius 1 is 0.520 bits per heavy atom. The number of hydrogen-bond acceptors (Lipinski definition) is 2. The van der Waals surface area contributed by atoms with E-state index < -0.39 is 5.97 Å². The number of carboxylic acids is 1. The van der Waals surface area contributed by atoms with Crippen molar-refractivity contribution in [2.45, 2.75) is 135 Å². The number of hydrogen-bond donors (Lipinski definition) is 0. The second kappa shape index (κ2) is 24.2. The van der Waals surface area contributed by atoms with E-state index in [2.05, 4.69) is 6.92 Å². The van der Waals surface area contributed by atoms with Gasteiger partial charge < -0.3 is 9.90 Å². The molecule has 0 aromatic carbocycles. The van der Waals surface area contributed by atoms with Gasteiger partial charge in [-0.3, -0.25) is 0 Å². The molecule has 0 aliphatic heterocycles. The van der Waals surface area contributed by atoms with Gasteiger partial charge >= 0.3 is 22.4 Å². The second-order valence-electron chi connectivity index (χ2n) is 7.49. The van der Waals surface area contributed by atoms with Crippen LogP contribution in [-0.4, -0.2) is 5.97 Å². The largest absolute Gasteiger partial charge is 1.00 e. The average Bonchev–Trinajstić information content (AvgIpc) is 2.56. The Morgan fingerprint density at radius 3 is 1.00 bits per heavy atom. The van der Waals surface area contributed by atoms with Crippen LogP contribution in [-0.2, 0) is 27.2 Å². The summed E-state index contributed by atoms with van der Waals surface area (Å²) in [5, 5.41) is 10.3. The smallest absolute Gasteiger partial charge is 0.550 e. The van der Waals surface area contributed by atoms with Gasteiger partial charge in [-0.1, -0.05) is 122 Å². The Hall–Kier alpha value is 0.210. The number of rotatable bonds is 20. The van der Waals surface area contributed by atoms with Crippen molar-refractivity contribution in [3.05, 3.63) is 0 Å². The summed E-state index contributed by atoms with van der Waals surface area (Å²) in [6, 6.07) is 0. The minimum atomic E-state index is -0.901. The Balaban J connectivity index is 0. The molecule has 0 atom stereocenters. The van der Waals surface area contributed by atoms with Gasteiger partial charge in [0.25, 0.3) is 0 Å². The molecule has 25 heavy (non-hydrogen) atoms. The summed E-state index contributed by atoms with van der Waals surface area (Å²) in [5.74, 6) is -0.901. The molecule has 0 heterocycles. The van der Waals surface area contributed by atoms with Gasteiger partial charge in [0.05, 0.1) is 0 Å². The molecule has 0 amide bonds. The third-order valence-electron chi connectivity index (χ3n) is 4.98. The van der Waals surface area contributed by atoms with Crippen LogP contribution in [0.5, 0.6) is 0 Å². The monoisotopic (exact) mass is 536 g/mol. The summed E-state index contributed by atoms with van der Waals surface area (Å²) in [4.78, 5) is 10.3. The van der Waals surface area contributed by atoms with Crippen LogP contribution in [0.4, 0.5) is 0 Å². The summed E-state index contributed by atoms with van der Waals surface area (Å²) in [7, 11) is 0. The van der Waals surface area contributed by atoms with Crippen LogP contribution < -0.4 is 5.11 Å². The fraction of sp³-hybridized carbons (Fsp3) is 0.955. The van der Waals surface area contributed by atoms with E-state index in [0.29, 0.717) is 0 Å². The molecule has 0 aliphatic rings. The van der Waals surface area contributed by atoms with Crippen molar-refractivity contribution in [3.63, 3.8) is 0 Å². The molecule has 2 nitrogen and oxygen atoms in total. The minimum absolute atomic E-state index is 0. The van der Waals surface area contributed by atoms with Crippen LogP contribution in [0.25, 0.3) is 0 Å². The zero-order chi connectivity index (χ0) is 17.7. The molecular formula is C22H43AuO2. The van der Waals surface area contributed by atoms with E-state index >= 15 is 0 Å². The molecule has 0 aromatic heterocycles. The molecule has 0 spiro atoms. The summed E-state index contributed by atoms with van der Waals surface area (Å²) in [6.45, 7) is 2.28. The van der Waals surface area contributed by atoms with Crippen LogP contribution >= 0.6 is 0 Å². The normalized spacial score (nSPS) is 10.6. The summed E-state index contributed by atoms with van der Waals surface area (Å²) < 4.78 is 0. The van der Waals surface area contributed by atoms with E-state index in [1.807, 2.05) is 0 Å². The molecular weight excluding hydrogens is 493 g/mol. The zero-order valence-corrected chi connectivity index (χ0v) is 18.9. The van der Waals surface area contributed by atoms with E-state index in [0.717, 1.165) is 12.8 Å². The predicted octanol–water partition coefficient (Wildman–Crippen LogP) is 6.56. The standard InChI is InChI=1S/C22H44O2.Au/c1-2-3-4-5-6-7-8-9-10-11-12-13-14-15-16-17-18-19-20-21-22(23)24;/h2-21H2,1H3,(H,23,24);/q;+1/p-1. The first-order valence-electron chi connectivity index (χ1n) is 11.0. The molecule has 0 bridgehead atoms. The van der Waals surface area contributed by atoms with Gasteiger partial charge in [-0.05, 0) is 12.8 Å². The van der Waals surface area contributed by atoms with E-state index in [1.54, 1.807) is 0 Å². The predicted molar refractivity (Wildman–Crippen MR) is 103 cm³/mol. The van der Waals surface area contributed by atoms with E-state index in [1.165, 1.54) is 109 Å². The van der Waals surface area contributed by atoms with Crippen molar-refractivity contribution in [2.24, 2.45) is 0 Å². The Kier molecular flexibility index (Phi) is 26.6. The van der Waals surface area contributed by atoms with E-state index in [-0.39, 0.29) is 28.8 Å². The topological polar surface area (TPSA) is 40.1 Å². The first-order valence-corrected chi connectivity index (χ1v) is 11.0. The van der Waals surface area contributed by atoms with Crippen molar-refractivity contribution in [3.8, 4) is 0 Å². The third-order valence-corrected chi connectivity index (χ3v) is 4.98. The van der Waals surface area contributed by atoms with Gasteiger partial charge in [-0.25, -0.2) is 0 Å². The number of unbranched alkanes of at least 4 members (excludes halogenated alkanes) is 18. The molecule has 0 N–H and O–H groups in total. The molecule has 0 radical (unpaired) electrons. The number of aliphatic carboxylic acids is 1. The molecule has 0 saturated heterocycles.